The van der Waals surface area contributed by atoms with Crippen molar-refractivity contribution in [2.45, 2.75) is 19.4 Å². The van der Waals surface area contributed by atoms with Crippen molar-refractivity contribution in [1.29, 1.82) is 0 Å². The van der Waals surface area contributed by atoms with Crippen molar-refractivity contribution in [2.75, 3.05) is 0 Å². The highest BCUT2D eigenvalue weighted by Gasteiger charge is 2.12. The molecule has 1 aromatic heterocycles. The van der Waals surface area contributed by atoms with Crippen LogP contribution in [0.4, 0.5) is 0 Å². The van der Waals surface area contributed by atoms with Crippen molar-refractivity contribution in [3.8, 4) is 0 Å². The second kappa shape index (κ2) is 3.69. The molecule has 12 heavy (non-hydrogen) atoms. The Hall–Kier alpha value is -0.870. The van der Waals surface area contributed by atoms with Gasteiger partial charge in [0.15, 0.2) is 0 Å². The number of thiophene rings is 1. The molecule has 3 N–H and O–H groups in total. The lowest BCUT2D eigenvalue weighted by atomic mass is 10.2. The van der Waals surface area contributed by atoms with Crippen molar-refractivity contribution in [3.05, 3.63) is 21.9 Å². The SMILES string of the molecule is Cc1csc(CC(N)C(=O)O)c1. The van der Waals surface area contributed by atoms with Crippen LogP contribution in [0.15, 0.2) is 11.4 Å². The van der Waals surface area contributed by atoms with E-state index in [0.29, 0.717) is 6.42 Å². The lowest BCUT2D eigenvalue weighted by Gasteiger charge is -2.02. The van der Waals surface area contributed by atoms with Crippen LogP contribution in [0.1, 0.15) is 10.4 Å². The summed E-state index contributed by atoms with van der Waals surface area (Å²) in [5.41, 5.74) is 6.52. The van der Waals surface area contributed by atoms with Crippen LogP contribution in [0, 0.1) is 6.92 Å². The van der Waals surface area contributed by atoms with Gasteiger partial charge in [0.2, 0.25) is 0 Å². The summed E-state index contributed by atoms with van der Waals surface area (Å²) < 4.78 is 0. The van der Waals surface area contributed by atoms with E-state index >= 15 is 0 Å². The van der Waals surface area contributed by atoms with E-state index in [1.165, 1.54) is 0 Å². The predicted molar refractivity (Wildman–Crippen MR) is 48.4 cm³/mol. The van der Waals surface area contributed by atoms with Crippen molar-refractivity contribution >= 4 is 17.3 Å². The van der Waals surface area contributed by atoms with Crippen molar-refractivity contribution < 1.29 is 9.90 Å². The van der Waals surface area contributed by atoms with Gasteiger partial charge in [-0.05, 0) is 23.9 Å². The Labute approximate surface area is 74.8 Å². The first-order valence-corrected chi connectivity index (χ1v) is 4.50. The van der Waals surface area contributed by atoms with Crippen LogP contribution >= 0.6 is 11.3 Å². The van der Waals surface area contributed by atoms with Crippen molar-refractivity contribution in [3.63, 3.8) is 0 Å². The Morgan fingerprint density at radius 3 is 2.92 bits per heavy atom. The minimum absolute atomic E-state index is 0.424. The first-order valence-electron chi connectivity index (χ1n) is 3.62. The number of hydrogen-bond donors (Lipinski definition) is 2. The zero-order valence-corrected chi connectivity index (χ0v) is 7.60. The number of carboxylic acids is 1. The number of nitrogens with two attached hydrogens (primary N) is 1. The minimum Gasteiger partial charge on any atom is -0.480 e. The molecule has 1 rings (SSSR count). The largest absolute Gasteiger partial charge is 0.480 e. The van der Waals surface area contributed by atoms with Gasteiger partial charge in [-0.2, -0.15) is 0 Å². The minimum atomic E-state index is -0.943. The van der Waals surface area contributed by atoms with E-state index in [0.717, 1.165) is 10.4 Å². The molecular formula is C8H11NO2S. The van der Waals surface area contributed by atoms with Gasteiger partial charge in [0, 0.05) is 11.3 Å². The molecule has 0 spiro atoms. The Morgan fingerprint density at radius 2 is 2.50 bits per heavy atom. The summed E-state index contributed by atoms with van der Waals surface area (Å²) in [6.45, 7) is 1.98. The highest BCUT2D eigenvalue weighted by molar-refractivity contribution is 7.10. The monoisotopic (exact) mass is 185 g/mol. The standard InChI is InChI=1S/C8H11NO2S/c1-5-2-6(12-4-5)3-7(9)8(10)11/h2,4,7H,3,9H2,1H3,(H,10,11). The maximum atomic E-state index is 10.4. The average molecular weight is 185 g/mol. The highest BCUT2D eigenvalue weighted by Crippen LogP contribution is 2.14. The number of carbonyl (C=O) groups is 1. The molecule has 1 heterocycles. The molecular weight excluding hydrogens is 174 g/mol. The van der Waals surface area contributed by atoms with Gasteiger partial charge >= 0.3 is 5.97 Å². The van der Waals surface area contributed by atoms with Crippen molar-refractivity contribution in [2.24, 2.45) is 5.73 Å². The molecule has 66 valence electrons. The summed E-state index contributed by atoms with van der Waals surface area (Å²) >= 11 is 1.55. The van der Waals surface area contributed by atoms with E-state index in [1.54, 1.807) is 11.3 Å². The Morgan fingerprint density at radius 1 is 1.83 bits per heavy atom. The highest BCUT2D eigenvalue weighted by atomic mass is 32.1. The molecule has 0 saturated carbocycles. The fraction of sp³-hybridized carbons (Fsp3) is 0.375. The fourth-order valence-electron chi connectivity index (χ4n) is 0.902. The van der Waals surface area contributed by atoms with Gasteiger partial charge in [-0.25, -0.2) is 0 Å². The zero-order valence-electron chi connectivity index (χ0n) is 6.78. The molecule has 1 aromatic rings. The van der Waals surface area contributed by atoms with Crippen LogP contribution in [0.3, 0.4) is 0 Å². The van der Waals surface area contributed by atoms with Crippen LogP contribution in [0.2, 0.25) is 0 Å². The Bertz CT molecular complexity index is 282. The van der Waals surface area contributed by atoms with E-state index in [1.807, 2.05) is 18.4 Å². The van der Waals surface area contributed by atoms with Crippen molar-refractivity contribution in [1.82, 2.24) is 0 Å². The summed E-state index contributed by atoms with van der Waals surface area (Å²) in [5, 5.41) is 10.5. The normalized spacial score (nSPS) is 12.8. The molecule has 1 atom stereocenters. The van der Waals surface area contributed by atoms with E-state index in [9.17, 15) is 4.79 Å². The summed E-state index contributed by atoms with van der Waals surface area (Å²) in [7, 11) is 0. The summed E-state index contributed by atoms with van der Waals surface area (Å²) in [5.74, 6) is -0.943. The Kier molecular flexibility index (Phi) is 2.83. The molecule has 0 aromatic carbocycles. The third-order valence-corrected chi connectivity index (χ3v) is 2.60. The molecule has 0 amide bonds. The van der Waals surface area contributed by atoms with Gasteiger partial charge < -0.3 is 10.8 Å². The average Bonchev–Trinajstić information content (AvgIpc) is 2.35. The zero-order chi connectivity index (χ0) is 9.14. The van der Waals surface area contributed by atoms with Gasteiger partial charge in [0.25, 0.3) is 0 Å². The quantitative estimate of drug-likeness (QED) is 0.738. The van der Waals surface area contributed by atoms with Crippen LogP contribution in [-0.4, -0.2) is 17.1 Å². The van der Waals surface area contributed by atoms with Crippen LogP contribution in [0.5, 0.6) is 0 Å². The lowest BCUT2D eigenvalue weighted by molar-refractivity contribution is -0.138. The van der Waals surface area contributed by atoms with Crippen LogP contribution in [0.25, 0.3) is 0 Å². The second-order valence-corrected chi connectivity index (χ2v) is 3.74. The van der Waals surface area contributed by atoms with E-state index < -0.39 is 12.0 Å². The van der Waals surface area contributed by atoms with E-state index in [2.05, 4.69) is 0 Å². The maximum Gasteiger partial charge on any atom is 0.320 e. The lowest BCUT2D eigenvalue weighted by Crippen LogP contribution is -2.31. The molecule has 3 nitrogen and oxygen atoms in total. The van der Waals surface area contributed by atoms with Gasteiger partial charge in [0.05, 0.1) is 0 Å². The molecule has 1 unspecified atom stereocenters. The third kappa shape index (κ3) is 2.32. The molecule has 0 bridgehead atoms. The van der Waals surface area contributed by atoms with Crippen LogP contribution in [-0.2, 0) is 11.2 Å². The first kappa shape index (κ1) is 9.22. The third-order valence-electron chi connectivity index (χ3n) is 1.52. The number of aryl methyl sites for hydroxylation is 1. The Balaban J connectivity index is 2.58. The number of hydrogen-bond acceptors (Lipinski definition) is 3. The maximum absolute atomic E-state index is 10.4. The summed E-state index contributed by atoms with van der Waals surface area (Å²) in [4.78, 5) is 11.4. The molecule has 0 aliphatic rings. The number of aliphatic carboxylic acids is 1. The topological polar surface area (TPSA) is 63.3 Å². The smallest absolute Gasteiger partial charge is 0.320 e. The number of carboxylic acid groups (broad SMARTS) is 1. The molecule has 0 aliphatic heterocycles. The molecule has 4 heteroatoms. The predicted octanol–water partition coefficient (Wildman–Crippen LogP) is 1.01. The second-order valence-electron chi connectivity index (χ2n) is 2.74. The van der Waals surface area contributed by atoms with Gasteiger partial charge in [-0.3, -0.25) is 4.79 Å². The van der Waals surface area contributed by atoms with Gasteiger partial charge in [-0.1, -0.05) is 0 Å². The molecule has 0 aliphatic carbocycles. The molecule has 0 radical (unpaired) electrons. The number of rotatable bonds is 3. The van der Waals surface area contributed by atoms with Crippen LogP contribution < -0.4 is 5.73 Å². The van der Waals surface area contributed by atoms with Gasteiger partial charge in [0.1, 0.15) is 6.04 Å². The first-order chi connectivity index (χ1) is 5.59. The molecule has 0 saturated heterocycles. The van der Waals surface area contributed by atoms with E-state index in [4.69, 9.17) is 10.8 Å². The molecule has 0 fully saturated rings. The van der Waals surface area contributed by atoms with E-state index in [-0.39, 0.29) is 0 Å². The fourth-order valence-corrected chi connectivity index (χ4v) is 1.84. The van der Waals surface area contributed by atoms with Gasteiger partial charge in [-0.15, -0.1) is 11.3 Å². The summed E-state index contributed by atoms with van der Waals surface area (Å²) in [6.07, 6.45) is 0.424. The summed E-state index contributed by atoms with van der Waals surface area (Å²) in [6, 6.07) is 1.19.